The molecule has 0 fully saturated rings. The number of nitrogens with zero attached hydrogens (tertiary/aromatic N) is 1. The van der Waals surface area contributed by atoms with Gasteiger partial charge in [0.2, 0.25) is 0 Å². The van der Waals surface area contributed by atoms with Crippen LogP contribution in [-0.2, 0) is 19.6 Å². The third-order valence-electron chi connectivity index (χ3n) is 2.49. The summed E-state index contributed by atoms with van der Waals surface area (Å²) in [5, 5.41) is 3.51. The first-order valence-electron chi connectivity index (χ1n) is 6.27. The SMILES string of the molecule is CC(C)CCCNCCCCCC[N]=[W]. The van der Waals surface area contributed by atoms with E-state index >= 15 is 0 Å². The van der Waals surface area contributed by atoms with E-state index in [1.807, 2.05) is 0 Å². The third kappa shape index (κ3) is 14.4. The maximum absolute atomic E-state index is 4.18. The Labute approximate surface area is 106 Å². The van der Waals surface area contributed by atoms with Crippen molar-refractivity contribution in [1.29, 1.82) is 0 Å². The molecule has 1 N–H and O–H groups in total. The zero-order valence-corrected chi connectivity index (χ0v) is 13.2. The van der Waals surface area contributed by atoms with Gasteiger partial charge in [-0.3, -0.25) is 0 Å². The molecular weight excluding hydrogens is 356 g/mol. The molecule has 0 aromatic rings. The summed E-state index contributed by atoms with van der Waals surface area (Å²) in [6.45, 7) is 8.07. The van der Waals surface area contributed by atoms with Crippen molar-refractivity contribution >= 4 is 0 Å². The summed E-state index contributed by atoms with van der Waals surface area (Å²) < 4.78 is 4.18. The molecule has 0 aliphatic carbocycles. The van der Waals surface area contributed by atoms with Crippen LogP contribution in [0.4, 0.5) is 0 Å². The van der Waals surface area contributed by atoms with Gasteiger partial charge in [-0.2, -0.15) is 0 Å². The second kappa shape index (κ2) is 12.5. The molecular formula is C12H26N2W. The third-order valence-corrected chi connectivity index (χ3v) is 3.14. The molecule has 0 bridgehead atoms. The van der Waals surface area contributed by atoms with Crippen LogP contribution in [0.1, 0.15) is 52.4 Å². The number of rotatable bonds is 11. The molecule has 90 valence electrons. The summed E-state index contributed by atoms with van der Waals surface area (Å²) in [4.78, 5) is 0. The minimum atomic E-state index is 0.853. The molecule has 0 rings (SSSR count). The van der Waals surface area contributed by atoms with E-state index in [0.29, 0.717) is 0 Å². The van der Waals surface area contributed by atoms with Gasteiger partial charge in [-0.1, -0.05) is 13.8 Å². The van der Waals surface area contributed by atoms with Crippen molar-refractivity contribution in [2.45, 2.75) is 52.4 Å². The van der Waals surface area contributed by atoms with Crippen molar-refractivity contribution in [2.75, 3.05) is 19.6 Å². The monoisotopic (exact) mass is 382 g/mol. The van der Waals surface area contributed by atoms with Crippen molar-refractivity contribution in [3.8, 4) is 0 Å². The van der Waals surface area contributed by atoms with Crippen molar-refractivity contribution in [2.24, 2.45) is 9.41 Å². The van der Waals surface area contributed by atoms with Gasteiger partial charge in [-0.05, 0) is 0 Å². The fraction of sp³-hybridized carbons (Fsp3) is 1.00. The van der Waals surface area contributed by atoms with Gasteiger partial charge in [0.05, 0.1) is 0 Å². The molecule has 0 aliphatic heterocycles. The molecule has 3 heteroatoms. The summed E-state index contributed by atoms with van der Waals surface area (Å²) in [6, 6.07) is 0. The zero-order chi connectivity index (χ0) is 11.4. The molecule has 2 nitrogen and oxygen atoms in total. The average Bonchev–Trinajstić information content (AvgIpc) is 2.20. The van der Waals surface area contributed by atoms with Gasteiger partial charge in [0.15, 0.2) is 0 Å². The molecule has 0 aromatic heterocycles. The molecule has 15 heavy (non-hydrogen) atoms. The van der Waals surface area contributed by atoms with Crippen molar-refractivity contribution < 1.29 is 19.6 Å². The van der Waals surface area contributed by atoms with E-state index in [4.69, 9.17) is 0 Å². The van der Waals surface area contributed by atoms with Crippen LogP contribution in [0, 0.1) is 5.92 Å². The van der Waals surface area contributed by atoms with Gasteiger partial charge in [0.25, 0.3) is 0 Å². The summed E-state index contributed by atoms with van der Waals surface area (Å²) in [6.07, 6.45) is 8.02. The van der Waals surface area contributed by atoms with Crippen LogP contribution in [0.15, 0.2) is 3.50 Å². The Bertz CT molecular complexity index is 138. The van der Waals surface area contributed by atoms with Crippen molar-refractivity contribution in [3.05, 3.63) is 0 Å². The molecule has 0 spiro atoms. The van der Waals surface area contributed by atoms with Crippen LogP contribution in [0.3, 0.4) is 0 Å². The van der Waals surface area contributed by atoms with E-state index in [1.165, 1.54) is 71.2 Å². The number of hydrogen-bond acceptors (Lipinski definition) is 2. The van der Waals surface area contributed by atoms with Crippen LogP contribution in [0.25, 0.3) is 0 Å². The molecule has 0 heterocycles. The standard InChI is InChI=1S/C12H26N2.W/c1-12(2)8-7-11-14-10-6-4-3-5-9-13;/h12,14H,3-11H2,1-2H3;. The molecule has 0 radical (unpaired) electrons. The van der Waals surface area contributed by atoms with Crippen molar-refractivity contribution in [1.82, 2.24) is 5.32 Å². The minimum absolute atomic E-state index is 0.853. The molecule has 0 saturated heterocycles. The summed E-state index contributed by atoms with van der Waals surface area (Å²) in [5.74, 6) is 0.853. The van der Waals surface area contributed by atoms with Gasteiger partial charge in [0, 0.05) is 0 Å². The van der Waals surface area contributed by atoms with Crippen LogP contribution >= 0.6 is 0 Å². The van der Waals surface area contributed by atoms with Gasteiger partial charge < -0.3 is 0 Å². The Morgan fingerprint density at radius 2 is 1.67 bits per heavy atom. The number of hydrogen-bond donors (Lipinski definition) is 1. The predicted molar refractivity (Wildman–Crippen MR) is 62.7 cm³/mol. The van der Waals surface area contributed by atoms with Crippen molar-refractivity contribution in [3.63, 3.8) is 0 Å². The Hall–Kier alpha value is 0.448. The zero-order valence-electron chi connectivity index (χ0n) is 10.3. The summed E-state index contributed by atoms with van der Waals surface area (Å²) in [7, 11) is 0. The topological polar surface area (TPSA) is 24.4 Å². The Kier molecular flexibility index (Phi) is 12.9. The van der Waals surface area contributed by atoms with Crippen LogP contribution in [-0.4, -0.2) is 19.6 Å². The molecule has 0 saturated carbocycles. The predicted octanol–water partition coefficient (Wildman–Crippen LogP) is 3.30. The van der Waals surface area contributed by atoms with Crippen LogP contribution in [0.2, 0.25) is 0 Å². The van der Waals surface area contributed by atoms with Gasteiger partial charge in [-0.25, -0.2) is 0 Å². The first-order valence-corrected chi connectivity index (χ1v) is 7.58. The second-order valence-electron chi connectivity index (χ2n) is 4.55. The van der Waals surface area contributed by atoms with Crippen LogP contribution < -0.4 is 5.32 Å². The van der Waals surface area contributed by atoms with Gasteiger partial charge in [-0.15, -0.1) is 0 Å². The summed E-state index contributed by atoms with van der Waals surface area (Å²) in [5.41, 5.74) is 0. The molecule has 0 atom stereocenters. The fourth-order valence-corrected chi connectivity index (χ4v) is 2.00. The van der Waals surface area contributed by atoms with E-state index in [-0.39, 0.29) is 0 Å². The maximum atomic E-state index is 4.18. The normalized spacial score (nSPS) is 10.9. The van der Waals surface area contributed by atoms with E-state index in [0.717, 1.165) is 12.5 Å². The Morgan fingerprint density at radius 3 is 2.33 bits per heavy atom. The number of nitrogens with one attached hydrogen (secondary N) is 1. The Morgan fingerprint density at radius 1 is 1.00 bits per heavy atom. The van der Waals surface area contributed by atoms with Gasteiger partial charge in [0.1, 0.15) is 0 Å². The second-order valence-corrected chi connectivity index (χ2v) is 5.48. The van der Waals surface area contributed by atoms with E-state index < -0.39 is 0 Å². The van der Waals surface area contributed by atoms with E-state index in [2.05, 4.69) is 22.7 Å². The average molecular weight is 382 g/mol. The molecule has 0 unspecified atom stereocenters. The Balaban J connectivity index is 2.89. The quantitative estimate of drug-likeness (QED) is 0.545. The van der Waals surface area contributed by atoms with E-state index in [1.54, 1.807) is 0 Å². The first kappa shape index (κ1) is 15.4. The fourth-order valence-electron chi connectivity index (χ4n) is 1.54. The first-order chi connectivity index (χ1) is 7.27. The van der Waals surface area contributed by atoms with E-state index in [9.17, 15) is 0 Å². The van der Waals surface area contributed by atoms with Crippen LogP contribution in [0.5, 0.6) is 0 Å². The molecule has 0 aromatic carbocycles. The molecule has 0 aliphatic rings. The number of unbranched alkanes of at least 4 members (excludes halogenated alkanes) is 3. The molecule has 0 amide bonds. The summed E-state index contributed by atoms with van der Waals surface area (Å²) >= 11 is 1.37. The van der Waals surface area contributed by atoms with Gasteiger partial charge >= 0.3 is 92.5 Å².